The number of halogens is 1. The van der Waals surface area contributed by atoms with Gasteiger partial charge in [0.2, 0.25) is 0 Å². The Morgan fingerprint density at radius 2 is 2.17 bits per heavy atom. The van der Waals surface area contributed by atoms with Crippen molar-refractivity contribution in [3.05, 3.63) is 30.0 Å². The summed E-state index contributed by atoms with van der Waals surface area (Å²) in [7, 11) is 1.67. The van der Waals surface area contributed by atoms with E-state index in [-0.39, 0.29) is 18.2 Å². The van der Waals surface area contributed by atoms with Crippen LogP contribution >= 0.6 is 12.4 Å². The van der Waals surface area contributed by atoms with Crippen LogP contribution in [0.25, 0.3) is 10.9 Å². The zero-order valence-electron chi connectivity index (χ0n) is 10.4. The van der Waals surface area contributed by atoms with E-state index in [1.165, 1.54) is 0 Å². The number of aromatic nitrogens is 1. The van der Waals surface area contributed by atoms with E-state index in [1.807, 2.05) is 25.1 Å². The van der Waals surface area contributed by atoms with Gasteiger partial charge in [-0.1, -0.05) is 12.1 Å². The quantitative estimate of drug-likeness (QED) is 0.837. The maximum absolute atomic E-state index is 9.78. The molecule has 2 N–H and O–H groups in total. The first kappa shape index (κ1) is 14.5. The third-order valence-corrected chi connectivity index (χ3v) is 2.57. The molecule has 0 fully saturated rings. The van der Waals surface area contributed by atoms with Crippen LogP contribution in [0.3, 0.4) is 0 Å². The average Bonchev–Trinajstić information content (AvgIpc) is 2.31. The van der Waals surface area contributed by atoms with Crippen molar-refractivity contribution in [3.63, 3.8) is 0 Å². The van der Waals surface area contributed by atoms with E-state index in [4.69, 9.17) is 4.74 Å². The molecular weight excluding hydrogens is 252 g/mol. The second-order valence-corrected chi connectivity index (χ2v) is 3.90. The Morgan fingerprint density at radius 1 is 1.39 bits per heavy atom. The van der Waals surface area contributed by atoms with E-state index in [2.05, 4.69) is 10.3 Å². The summed E-state index contributed by atoms with van der Waals surface area (Å²) in [5.41, 5.74) is 2.48. The SMILES string of the molecule is COCCNc1cc(C)nc2c(O)cccc12.Cl. The molecule has 0 saturated carbocycles. The Balaban J connectivity index is 0.00000162. The van der Waals surface area contributed by atoms with Crippen molar-refractivity contribution in [1.29, 1.82) is 0 Å². The average molecular weight is 269 g/mol. The number of phenolic OH excluding ortho intramolecular Hbond substituents is 1. The van der Waals surface area contributed by atoms with Crippen LogP contribution in [0.15, 0.2) is 24.3 Å². The molecule has 0 aliphatic rings. The second kappa shape index (κ2) is 6.42. The van der Waals surface area contributed by atoms with Crippen LogP contribution in [0, 0.1) is 6.92 Å². The first-order valence-electron chi connectivity index (χ1n) is 5.54. The summed E-state index contributed by atoms with van der Waals surface area (Å²) in [6.45, 7) is 3.28. The number of fused-ring (bicyclic) bond motifs is 1. The summed E-state index contributed by atoms with van der Waals surface area (Å²) in [5, 5.41) is 14.0. The van der Waals surface area contributed by atoms with E-state index in [0.29, 0.717) is 12.1 Å². The molecule has 0 radical (unpaired) electrons. The highest BCUT2D eigenvalue weighted by Gasteiger charge is 2.06. The van der Waals surface area contributed by atoms with Gasteiger partial charge in [-0.25, -0.2) is 4.98 Å². The number of hydrogen-bond donors (Lipinski definition) is 2. The number of ether oxygens (including phenoxy) is 1. The number of aryl methyl sites for hydroxylation is 1. The summed E-state index contributed by atoms with van der Waals surface area (Å²) in [4.78, 5) is 4.34. The maximum atomic E-state index is 9.78. The largest absolute Gasteiger partial charge is 0.506 e. The van der Waals surface area contributed by atoms with Gasteiger partial charge in [0.15, 0.2) is 0 Å². The molecule has 5 heteroatoms. The van der Waals surface area contributed by atoms with Crippen molar-refractivity contribution in [2.24, 2.45) is 0 Å². The fraction of sp³-hybridized carbons (Fsp3) is 0.308. The van der Waals surface area contributed by atoms with Crippen molar-refractivity contribution in [1.82, 2.24) is 4.98 Å². The van der Waals surface area contributed by atoms with Gasteiger partial charge in [0, 0.05) is 30.4 Å². The molecule has 2 aromatic rings. The molecule has 0 saturated heterocycles. The molecule has 0 aliphatic carbocycles. The fourth-order valence-electron chi connectivity index (χ4n) is 1.80. The van der Waals surface area contributed by atoms with Crippen LogP contribution in [-0.2, 0) is 4.74 Å². The highest BCUT2D eigenvalue weighted by atomic mass is 35.5. The number of benzene rings is 1. The highest BCUT2D eigenvalue weighted by Crippen LogP contribution is 2.28. The number of nitrogens with one attached hydrogen (secondary N) is 1. The molecule has 0 aliphatic heterocycles. The number of aromatic hydroxyl groups is 1. The normalized spacial score (nSPS) is 10.1. The number of nitrogens with zero attached hydrogens (tertiary/aromatic N) is 1. The van der Waals surface area contributed by atoms with Crippen LogP contribution < -0.4 is 5.32 Å². The van der Waals surface area contributed by atoms with E-state index < -0.39 is 0 Å². The minimum atomic E-state index is 0. The number of pyridine rings is 1. The lowest BCUT2D eigenvalue weighted by molar-refractivity contribution is 0.211. The third kappa shape index (κ3) is 3.03. The van der Waals surface area contributed by atoms with Gasteiger partial charge in [-0.15, -0.1) is 12.4 Å². The van der Waals surface area contributed by atoms with E-state index >= 15 is 0 Å². The minimum absolute atomic E-state index is 0. The highest BCUT2D eigenvalue weighted by molar-refractivity contribution is 5.94. The molecule has 4 nitrogen and oxygen atoms in total. The maximum Gasteiger partial charge on any atom is 0.141 e. The predicted octanol–water partition coefficient (Wildman–Crippen LogP) is 2.73. The van der Waals surface area contributed by atoms with Crippen LogP contribution in [0.4, 0.5) is 5.69 Å². The lowest BCUT2D eigenvalue weighted by Crippen LogP contribution is -2.08. The van der Waals surface area contributed by atoms with Gasteiger partial charge in [-0.3, -0.25) is 0 Å². The minimum Gasteiger partial charge on any atom is -0.506 e. The Bertz CT molecular complexity index is 532. The first-order valence-corrected chi connectivity index (χ1v) is 5.54. The van der Waals surface area contributed by atoms with Crippen LogP contribution in [0.1, 0.15) is 5.69 Å². The summed E-state index contributed by atoms with van der Waals surface area (Å²) < 4.78 is 5.00. The Labute approximate surface area is 112 Å². The zero-order chi connectivity index (χ0) is 12.3. The first-order chi connectivity index (χ1) is 8.22. The standard InChI is InChI=1S/C13H16N2O2.ClH/c1-9-8-11(14-6-7-17-2)10-4-3-5-12(16)13(10)15-9;/h3-5,8,16H,6-7H2,1-2H3,(H,14,15);1H. The molecule has 2 rings (SSSR count). The van der Waals surface area contributed by atoms with Gasteiger partial charge < -0.3 is 15.2 Å². The molecular formula is C13H17ClN2O2. The fourth-order valence-corrected chi connectivity index (χ4v) is 1.80. The van der Waals surface area contributed by atoms with Crippen LogP contribution in [0.2, 0.25) is 0 Å². The van der Waals surface area contributed by atoms with Gasteiger partial charge in [0.1, 0.15) is 11.3 Å². The number of para-hydroxylation sites is 1. The zero-order valence-corrected chi connectivity index (χ0v) is 11.3. The lowest BCUT2D eigenvalue weighted by Gasteiger charge is -2.11. The molecule has 0 spiro atoms. The Hall–Kier alpha value is -1.52. The molecule has 98 valence electrons. The molecule has 0 amide bonds. The Kier molecular flexibility index (Phi) is 5.19. The molecule has 18 heavy (non-hydrogen) atoms. The van der Waals surface area contributed by atoms with Crippen molar-refractivity contribution in [2.45, 2.75) is 6.92 Å². The van der Waals surface area contributed by atoms with Gasteiger partial charge >= 0.3 is 0 Å². The Morgan fingerprint density at radius 3 is 2.89 bits per heavy atom. The number of methoxy groups -OCH3 is 1. The van der Waals surface area contributed by atoms with Crippen LogP contribution in [-0.4, -0.2) is 30.4 Å². The van der Waals surface area contributed by atoms with Crippen LogP contribution in [0.5, 0.6) is 5.75 Å². The van der Waals surface area contributed by atoms with Crippen molar-refractivity contribution < 1.29 is 9.84 Å². The molecule has 1 heterocycles. The molecule has 0 unspecified atom stereocenters. The number of phenols is 1. The topological polar surface area (TPSA) is 54.4 Å². The molecule has 0 atom stereocenters. The smallest absolute Gasteiger partial charge is 0.141 e. The number of rotatable bonds is 4. The molecule has 1 aromatic heterocycles. The third-order valence-electron chi connectivity index (χ3n) is 2.57. The predicted molar refractivity (Wildman–Crippen MR) is 75.8 cm³/mol. The van der Waals surface area contributed by atoms with Crippen molar-refractivity contribution >= 4 is 29.0 Å². The monoisotopic (exact) mass is 268 g/mol. The molecule has 1 aromatic carbocycles. The lowest BCUT2D eigenvalue weighted by atomic mass is 10.1. The summed E-state index contributed by atoms with van der Waals surface area (Å²) in [6.07, 6.45) is 0. The number of anilines is 1. The van der Waals surface area contributed by atoms with E-state index in [0.717, 1.165) is 23.3 Å². The van der Waals surface area contributed by atoms with Gasteiger partial charge in [-0.05, 0) is 19.1 Å². The van der Waals surface area contributed by atoms with Crippen molar-refractivity contribution in [3.8, 4) is 5.75 Å². The second-order valence-electron chi connectivity index (χ2n) is 3.90. The molecule has 0 bridgehead atoms. The van der Waals surface area contributed by atoms with Gasteiger partial charge in [0.05, 0.1) is 6.61 Å². The van der Waals surface area contributed by atoms with Gasteiger partial charge in [-0.2, -0.15) is 0 Å². The van der Waals surface area contributed by atoms with Gasteiger partial charge in [0.25, 0.3) is 0 Å². The number of hydrogen-bond acceptors (Lipinski definition) is 4. The van der Waals surface area contributed by atoms with E-state index in [1.54, 1.807) is 13.2 Å². The summed E-state index contributed by atoms with van der Waals surface area (Å²) in [5.74, 6) is 0.209. The summed E-state index contributed by atoms with van der Waals surface area (Å²) in [6, 6.07) is 7.37. The summed E-state index contributed by atoms with van der Waals surface area (Å²) >= 11 is 0. The van der Waals surface area contributed by atoms with E-state index in [9.17, 15) is 5.11 Å². The van der Waals surface area contributed by atoms with Crippen molar-refractivity contribution in [2.75, 3.05) is 25.6 Å².